The average Bonchev–Trinajstić information content (AvgIpc) is 2.91. The summed E-state index contributed by atoms with van der Waals surface area (Å²) in [7, 11) is 0. The molecule has 0 aliphatic rings. The third kappa shape index (κ3) is 3.08. The quantitative estimate of drug-likeness (QED) is 0.704. The van der Waals surface area contributed by atoms with Crippen molar-refractivity contribution < 1.29 is 4.79 Å². The number of nitrogens with zero attached hydrogens (tertiary/aromatic N) is 2. The summed E-state index contributed by atoms with van der Waals surface area (Å²) in [5.74, 6) is -0.245. The molecule has 0 radical (unpaired) electrons. The van der Waals surface area contributed by atoms with E-state index >= 15 is 0 Å². The summed E-state index contributed by atoms with van der Waals surface area (Å²) in [6.45, 7) is 2.00. The molecule has 0 aliphatic carbocycles. The second-order valence-electron chi connectivity index (χ2n) is 4.78. The number of rotatable bonds is 3. The minimum atomic E-state index is -0.385. The molecule has 0 saturated heterocycles. The summed E-state index contributed by atoms with van der Waals surface area (Å²) in [5.41, 5.74) is 2.68. The van der Waals surface area contributed by atoms with Gasteiger partial charge in [-0.15, -0.1) is 0 Å². The zero-order chi connectivity index (χ0) is 15.5. The second-order valence-corrected chi connectivity index (χ2v) is 6.83. The molecule has 0 unspecified atom stereocenters. The molecule has 2 N–H and O–H groups in total. The number of benzene rings is 2. The molecule has 1 aromatic heterocycles. The molecule has 3 aromatic rings. The van der Waals surface area contributed by atoms with Crippen LogP contribution in [-0.2, 0) is 0 Å². The van der Waals surface area contributed by atoms with Crippen LogP contribution in [0.5, 0.6) is 0 Å². The van der Waals surface area contributed by atoms with Crippen LogP contribution in [0.15, 0.2) is 54.6 Å². The van der Waals surface area contributed by atoms with E-state index in [-0.39, 0.29) is 20.4 Å². The van der Waals surface area contributed by atoms with Gasteiger partial charge in [-0.2, -0.15) is 0 Å². The Bertz CT molecular complexity index is 850. The third-order valence-electron chi connectivity index (χ3n) is 3.08. The Morgan fingerprint density at radius 3 is 2.50 bits per heavy atom. The Hall–Kier alpha value is -2.43. The van der Waals surface area contributed by atoms with E-state index < -0.39 is 0 Å². The van der Waals surface area contributed by atoms with Crippen LogP contribution in [0.25, 0.3) is 5.69 Å². The molecule has 5 nitrogen and oxygen atoms in total. The standard InChI is InChI=1S/C16H14N4OSe/c1-11-7-9-13(10-8-11)20-16(17)22-15(19-20)14(21)18-12-5-3-2-4-6-12/h2-10,17H,1H3,(H,18,21). The first-order valence-corrected chi connectivity index (χ1v) is 8.43. The molecular weight excluding hydrogens is 343 g/mol. The molecule has 3 rings (SSSR count). The summed E-state index contributed by atoms with van der Waals surface area (Å²) in [4.78, 5) is 12.2. The summed E-state index contributed by atoms with van der Waals surface area (Å²) in [6, 6.07) is 17.0. The molecule has 110 valence electrons. The third-order valence-corrected chi connectivity index (χ3v) is 4.82. The molecule has 0 spiro atoms. The average molecular weight is 357 g/mol. The van der Waals surface area contributed by atoms with E-state index in [9.17, 15) is 4.79 Å². The van der Waals surface area contributed by atoms with Crippen molar-refractivity contribution in [2.45, 2.75) is 6.92 Å². The Morgan fingerprint density at radius 2 is 1.82 bits per heavy atom. The van der Waals surface area contributed by atoms with E-state index in [1.165, 1.54) is 4.68 Å². The van der Waals surface area contributed by atoms with Crippen LogP contribution in [0.3, 0.4) is 0 Å². The molecular formula is C16H14N4OSe. The first-order valence-electron chi connectivity index (χ1n) is 6.72. The van der Waals surface area contributed by atoms with Gasteiger partial charge < -0.3 is 0 Å². The summed E-state index contributed by atoms with van der Waals surface area (Å²) in [6.07, 6.45) is 0. The van der Waals surface area contributed by atoms with Gasteiger partial charge in [-0.05, 0) is 0 Å². The molecule has 0 bridgehead atoms. The minimum absolute atomic E-state index is 0.245. The number of hydrogen-bond donors (Lipinski definition) is 2. The SMILES string of the molecule is Cc1ccc(-n2nc(C(=O)Nc3ccccc3)[se]c2=N)cc1. The van der Waals surface area contributed by atoms with Crippen molar-refractivity contribution in [1.29, 1.82) is 5.41 Å². The van der Waals surface area contributed by atoms with Gasteiger partial charge in [0.15, 0.2) is 0 Å². The van der Waals surface area contributed by atoms with Crippen LogP contribution in [0.1, 0.15) is 14.9 Å². The number of para-hydroxylation sites is 1. The molecule has 2 aromatic carbocycles. The van der Waals surface area contributed by atoms with Gasteiger partial charge in [0.1, 0.15) is 0 Å². The number of nitrogens with one attached hydrogen (secondary N) is 2. The molecule has 1 amide bonds. The van der Waals surface area contributed by atoms with Gasteiger partial charge in [-0.1, -0.05) is 0 Å². The van der Waals surface area contributed by atoms with E-state index in [2.05, 4.69) is 10.4 Å². The first kappa shape index (κ1) is 14.5. The maximum atomic E-state index is 12.2. The van der Waals surface area contributed by atoms with Crippen LogP contribution >= 0.6 is 0 Å². The van der Waals surface area contributed by atoms with Crippen molar-refractivity contribution in [2.75, 3.05) is 5.32 Å². The van der Waals surface area contributed by atoms with E-state index in [1.54, 1.807) is 0 Å². The van der Waals surface area contributed by atoms with E-state index in [0.717, 1.165) is 16.9 Å². The number of carbonyl (C=O) groups is 1. The van der Waals surface area contributed by atoms with E-state index in [4.69, 9.17) is 5.41 Å². The summed E-state index contributed by atoms with van der Waals surface area (Å²) in [5, 5.41) is 15.2. The monoisotopic (exact) mass is 358 g/mol. The number of carbonyl (C=O) groups excluding carboxylic acids is 1. The number of aryl methyl sites for hydroxylation is 1. The maximum absolute atomic E-state index is 12.2. The van der Waals surface area contributed by atoms with Crippen LogP contribution in [0, 0.1) is 12.3 Å². The second kappa shape index (κ2) is 6.13. The molecule has 1 heterocycles. The van der Waals surface area contributed by atoms with Crippen molar-refractivity contribution in [3.63, 3.8) is 0 Å². The van der Waals surface area contributed by atoms with E-state index in [1.807, 2.05) is 61.5 Å². The van der Waals surface area contributed by atoms with Crippen LogP contribution in [-0.4, -0.2) is 30.2 Å². The Morgan fingerprint density at radius 1 is 1.14 bits per heavy atom. The predicted octanol–water partition coefficient (Wildman–Crippen LogP) is 1.97. The number of hydrogen-bond acceptors (Lipinski definition) is 3. The van der Waals surface area contributed by atoms with Crippen molar-refractivity contribution in [3.8, 4) is 5.69 Å². The van der Waals surface area contributed by atoms with Gasteiger partial charge >= 0.3 is 133 Å². The molecule has 0 aliphatic heterocycles. The van der Waals surface area contributed by atoms with E-state index in [0.29, 0.717) is 8.93 Å². The zero-order valence-corrected chi connectivity index (χ0v) is 13.6. The fraction of sp³-hybridized carbons (Fsp3) is 0.0625. The summed E-state index contributed by atoms with van der Waals surface area (Å²) < 4.78 is 2.29. The topological polar surface area (TPSA) is 70.8 Å². The van der Waals surface area contributed by atoms with Crippen LogP contribution in [0.2, 0.25) is 0 Å². The van der Waals surface area contributed by atoms with Crippen LogP contribution < -0.4 is 9.68 Å². The molecule has 0 saturated carbocycles. The Kier molecular flexibility index (Phi) is 4.04. The van der Waals surface area contributed by atoms with Crippen molar-refractivity contribution in [1.82, 2.24) is 9.78 Å². The number of aromatic nitrogens is 2. The molecule has 0 atom stereocenters. The van der Waals surface area contributed by atoms with Gasteiger partial charge in [-0.3, -0.25) is 0 Å². The predicted molar refractivity (Wildman–Crippen MR) is 85.5 cm³/mol. The fourth-order valence-electron chi connectivity index (χ4n) is 1.95. The first-order chi connectivity index (χ1) is 10.6. The Labute approximate surface area is 133 Å². The van der Waals surface area contributed by atoms with Crippen LogP contribution in [0.4, 0.5) is 5.69 Å². The van der Waals surface area contributed by atoms with Gasteiger partial charge in [0.2, 0.25) is 0 Å². The summed E-state index contributed by atoms with van der Waals surface area (Å²) >= 11 is -0.385. The normalized spacial score (nSPS) is 10.4. The fourth-order valence-corrected chi connectivity index (χ4v) is 3.38. The number of amides is 1. The van der Waals surface area contributed by atoms with Gasteiger partial charge in [-0.25, -0.2) is 0 Å². The van der Waals surface area contributed by atoms with Crippen molar-refractivity contribution in [3.05, 3.63) is 69.1 Å². The van der Waals surface area contributed by atoms with Gasteiger partial charge in [0.25, 0.3) is 0 Å². The Balaban J connectivity index is 1.87. The number of anilines is 1. The van der Waals surface area contributed by atoms with Crippen molar-refractivity contribution in [2.24, 2.45) is 0 Å². The molecule has 0 fully saturated rings. The van der Waals surface area contributed by atoms with Crippen molar-refractivity contribution >= 4 is 26.1 Å². The molecule has 6 heteroatoms. The zero-order valence-electron chi connectivity index (χ0n) is 11.9. The van der Waals surface area contributed by atoms with Gasteiger partial charge in [0.05, 0.1) is 0 Å². The molecule has 22 heavy (non-hydrogen) atoms. The van der Waals surface area contributed by atoms with Gasteiger partial charge in [0, 0.05) is 0 Å².